The number of hydrogen-bond acceptors (Lipinski definition) is 5. The largest absolute Gasteiger partial charge is 0.335 e. The van der Waals surface area contributed by atoms with Crippen molar-refractivity contribution in [1.29, 1.82) is 0 Å². The molecule has 2 aromatic rings. The molecule has 8 nitrogen and oxygen atoms in total. The van der Waals surface area contributed by atoms with Gasteiger partial charge in [-0.05, 0) is 45.0 Å². The van der Waals surface area contributed by atoms with E-state index in [1.807, 2.05) is 26.4 Å². The van der Waals surface area contributed by atoms with Crippen LogP contribution < -0.4 is 5.56 Å². The lowest BCUT2D eigenvalue weighted by Gasteiger charge is -2.24. The number of likely N-dealkylation sites (N-methyl/N-ethyl adjacent to an activating group) is 1. The van der Waals surface area contributed by atoms with Gasteiger partial charge < -0.3 is 14.8 Å². The fourth-order valence-electron chi connectivity index (χ4n) is 3.56. The van der Waals surface area contributed by atoms with Crippen molar-refractivity contribution in [2.24, 2.45) is 0 Å². The summed E-state index contributed by atoms with van der Waals surface area (Å²) in [6.07, 6.45) is 5.67. The first-order chi connectivity index (χ1) is 12.0. The highest BCUT2D eigenvalue weighted by molar-refractivity contribution is 5.94. The van der Waals surface area contributed by atoms with Crippen LogP contribution in [0.4, 0.5) is 0 Å². The number of hydrogen-bond donors (Lipinski definition) is 1. The molecule has 4 rings (SSSR count). The zero-order valence-electron chi connectivity index (χ0n) is 14.4. The van der Waals surface area contributed by atoms with Gasteiger partial charge in [0.25, 0.3) is 11.5 Å². The van der Waals surface area contributed by atoms with Crippen molar-refractivity contribution >= 4 is 5.91 Å². The normalized spacial score (nSPS) is 23.4. The molecule has 132 valence electrons. The summed E-state index contributed by atoms with van der Waals surface area (Å²) in [5.74, 6) is 0.233. The third-order valence-corrected chi connectivity index (χ3v) is 5.17. The summed E-state index contributed by atoms with van der Waals surface area (Å²) in [5.41, 5.74) is 0.857. The summed E-state index contributed by atoms with van der Waals surface area (Å²) in [7, 11) is 3.97. The van der Waals surface area contributed by atoms with E-state index in [0.717, 1.165) is 18.5 Å². The van der Waals surface area contributed by atoms with Crippen LogP contribution in [0.3, 0.4) is 0 Å². The number of H-pyrrole nitrogens is 1. The Kier molecular flexibility index (Phi) is 3.91. The summed E-state index contributed by atoms with van der Waals surface area (Å²) < 4.78 is 1.79. The summed E-state index contributed by atoms with van der Waals surface area (Å²) in [5, 5.41) is 7.96. The number of pyridine rings is 1. The molecule has 1 aliphatic carbocycles. The maximum Gasteiger partial charge on any atom is 0.261 e. The second kappa shape index (κ2) is 6.11. The Hall–Kier alpha value is -2.48. The van der Waals surface area contributed by atoms with Crippen LogP contribution in [0.1, 0.15) is 40.9 Å². The van der Waals surface area contributed by atoms with Crippen molar-refractivity contribution < 1.29 is 4.79 Å². The van der Waals surface area contributed by atoms with Gasteiger partial charge in [0, 0.05) is 25.0 Å². The Balaban J connectivity index is 1.57. The van der Waals surface area contributed by atoms with Crippen LogP contribution in [0.5, 0.6) is 0 Å². The number of rotatable bonds is 4. The second-order valence-corrected chi connectivity index (χ2v) is 7.12. The summed E-state index contributed by atoms with van der Waals surface area (Å²) >= 11 is 0. The van der Waals surface area contributed by atoms with Crippen LogP contribution in [0.15, 0.2) is 29.3 Å². The number of nitrogens with one attached hydrogen (secondary N) is 1. The van der Waals surface area contributed by atoms with E-state index in [1.165, 1.54) is 0 Å². The first-order valence-corrected chi connectivity index (χ1v) is 8.59. The fourth-order valence-corrected chi connectivity index (χ4v) is 3.56. The summed E-state index contributed by atoms with van der Waals surface area (Å²) in [6, 6.07) is 3.69. The third-order valence-electron chi connectivity index (χ3n) is 5.17. The first-order valence-electron chi connectivity index (χ1n) is 8.59. The predicted molar refractivity (Wildman–Crippen MR) is 91.5 cm³/mol. The number of carbonyl (C=O) groups excluding carboxylic acids is 1. The van der Waals surface area contributed by atoms with Gasteiger partial charge in [0.1, 0.15) is 5.56 Å². The molecular formula is C17H22N6O2. The third kappa shape index (κ3) is 2.97. The number of aromatic nitrogens is 4. The molecule has 1 amide bonds. The monoisotopic (exact) mass is 342 g/mol. The molecule has 25 heavy (non-hydrogen) atoms. The minimum absolute atomic E-state index is 0.0197. The van der Waals surface area contributed by atoms with Crippen molar-refractivity contribution in [3.63, 3.8) is 0 Å². The molecule has 0 unspecified atom stereocenters. The Labute approximate surface area is 145 Å². The zero-order valence-corrected chi connectivity index (χ0v) is 14.4. The molecule has 0 spiro atoms. The number of aromatic amines is 1. The average molecular weight is 342 g/mol. The van der Waals surface area contributed by atoms with E-state index in [4.69, 9.17) is 0 Å². The predicted octanol–water partition coefficient (Wildman–Crippen LogP) is 0.471. The SMILES string of the molecule is CN(C)[C@@H]1CN(C(=O)c2ccc(C3CC3)[nH]c2=O)C[C@@H]1n1ccnn1. The average Bonchev–Trinajstić information content (AvgIpc) is 3.11. The highest BCUT2D eigenvalue weighted by Gasteiger charge is 2.39. The van der Waals surface area contributed by atoms with Gasteiger partial charge in [-0.15, -0.1) is 5.10 Å². The molecule has 1 aliphatic heterocycles. The number of likely N-dealkylation sites (tertiary alicyclic amines) is 1. The van der Waals surface area contributed by atoms with E-state index >= 15 is 0 Å². The standard InChI is InChI=1S/C17H22N6O2/c1-21(2)14-9-22(10-15(14)23-8-7-18-20-23)17(25)12-5-6-13(11-3-4-11)19-16(12)24/h5-8,11,14-15H,3-4,9-10H2,1-2H3,(H,19,24)/t14-,15+/m1/s1. The molecule has 0 aromatic carbocycles. The van der Waals surface area contributed by atoms with E-state index in [0.29, 0.717) is 19.0 Å². The molecule has 1 saturated heterocycles. The maximum absolute atomic E-state index is 12.9. The number of carbonyl (C=O) groups is 1. The van der Waals surface area contributed by atoms with Crippen LogP contribution in [-0.2, 0) is 0 Å². The molecule has 0 radical (unpaired) electrons. The quantitative estimate of drug-likeness (QED) is 0.873. The van der Waals surface area contributed by atoms with Crippen molar-refractivity contribution in [3.05, 3.63) is 46.1 Å². The number of nitrogens with zero attached hydrogens (tertiary/aromatic N) is 5. The Morgan fingerprint density at radius 3 is 2.68 bits per heavy atom. The van der Waals surface area contributed by atoms with Gasteiger partial charge in [-0.1, -0.05) is 5.21 Å². The Bertz CT molecular complexity index is 824. The molecule has 2 aliphatic rings. The molecule has 3 heterocycles. The molecule has 0 bridgehead atoms. The van der Waals surface area contributed by atoms with Crippen LogP contribution in [0.2, 0.25) is 0 Å². The smallest absolute Gasteiger partial charge is 0.261 e. The highest BCUT2D eigenvalue weighted by atomic mass is 16.2. The lowest BCUT2D eigenvalue weighted by Crippen LogP contribution is -2.38. The molecule has 2 fully saturated rings. The van der Waals surface area contributed by atoms with Crippen molar-refractivity contribution in [1.82, 2.24) is 29.8 Å². The molecule has 2 aromatic heterocycles. The van der Waals surface area contributed by atoms with Gasteiger partial charge >= 0.3 is 0 Å². The van der Waals surface area contributed by atoms with Crippen LogP contribution in [0.25, 0.3) is 0 Å². The number of amides is 1. The van der Waals surface area contributed by atoms with E-state index in [1.54, 1.807) is 21.8 Å². The van der Waals surface area contributed by atoms with Crippen LogP contribution in [0, 0.1) is 0 Å². The van der Waals surface area contributed by atoms with E-state index < -0.39 is 0 Å². The molecule has 2 atom stereocenters. The van der Waals surface area contributed by atoms with Gasteiger partial charge in [-0.3, -0.25) is 9.59 Å². The summed E-state index contributed by atoms with van der Waals surface area (Å²) in [6.45, 7) is 1.06. The minimum atomic E-state index is -0.292. The van der Waals surface area contributed by atoms with Gasteiger partial charge in [0.05, 0.1) is 18.3 Å². The van der Waals surface area contributed by atoms with Crippen molar-refractivity contribution in [3.8, 4) is 0 Å². The molecular weight excluding hydrogens is 320 g/mol. The maximum atomic E-state index is 12.9. The second-order valence-electron chi connectivity index (χ2n) is 7.12. The van der Waals surface area contributed by atoms with Crippen LogP contribution in [-0.4, -0.2) is 68.9 Å². The lowest BCUT2D eigenvalue weighted by molar-refractivity contribution is 0.0779. The first kappa shape index (κ1) is 16.0. The van der Waals surface area contributed by atoms with Crippen LogP contribution >= 0.6 is 0 Å². The van der Waals surface area contributed by atoms with E-state index in [-0.39, 0.29) is 29.1 Å². The summed E-state index contributed by atoms with van der Waals surface area (Å²) in [4.78, 5) is 31.9. The minimum Gasteiger partial charge on any atom is -0.335 e. The molecule has 8 heteroatoms. The zero-order chi connectivity index (χ0) is 17.6. The Morgan fingerprint density at radius 2 is 2.08 bits per heavy atom. The van der Waals surface area contributed by atoms with Gasteiger partial charge in [-0.25, -0.2) is 4.68 Å². The molecule has 1 N–H and O–H groups in total. The topological polar surface area (TPSA) is 87.1 Å². The van der Waals surface area contributed by atoms with Crippen molar-refractivity contribution in [2.45, 2.75) is 30.8 Å². The van der Waals surface area contributed by atoms with E-state index in [2.05, 4.69) is 20.2 Å². The van der Waals surface area contributed by atoms with Gasteiger partial charge in [-0.2, -0.15) is 0 Å². The van der Waals surface area contributed by atoms with Crippen molar-refractivity contribution in [2.75, 3.05) is 27.2 Å². The Morgan fingerprint density at radius 1 is 1.28 bits per heavy atom. The fraction of sp³-hybridized carbons (Fsp3) is 0.529. The van der Waals surface area contributed by atoms with Gasteiger partial charge in [0.15, 0.2) is 0 Å². The van der Waals surface area contributed by atoms with E-state index in [9.17, 15) is 9.59 Å². The highest BCUT2D eigenvalue weighted by Crippen LogP contribution is 2.38. The lowest BCUT2D eigenvalue weighted by atomic mass is 10.1. The molecule has 1 saturated carbocycles. The van der Waals surface area contributed by atoms with Gasteiger partial charge in [0.2, 0.25) is 0 Å².